The molecular formula is C18H23FN4O3S. The predicted octanol–water partition coefficient (Wildman–Crippen LogP) is 1.08. The monoisotopic (exact) mass is 394 g/mol. The van der Waals surface area contributed by atoms with Crippen molar-refractivity contribution in [3.8, 4) is 6.07 Å². The first-order valence-electron chi connectivity index (χ1n) is 9.05. The summed E-state index contributed by atoms with van der Waals surface area (Å²) in [4.78, 5) is 14.1. The SMILES string of the molecule is N#CC1(NC(=O)CN2CCN(S(=O)(=O)c3cccc(F)c3)CC2)CCCC1. The molecule has 0 aromatic heterocycles. The van der Waals surface area contributed by atoms with E-state index in [-0.39, 0.29) is 30.4 Å². The summed E-state index contributed by atoms with van der Waals surface area (Å²) in [5, 5.41) is 12.2. The molecule has 9 heteroatoms. The average molecular weight is 394 g/mol. The maximum absolute atomic E-state index is 13.3. The van der Waals surface area contributed by atoms with Crippen molar-refractivity contribution in [3.63, 3.8) is 0 Å². The molecule has 2 fully saturated rings. The van der Waals surface area contributed by atoms with Gasteiger partial charge in [-0.05, 0) is 43.9 Å². The lowest BCUT2D eigenvalue weighted by Crippen LogP contribution is -2.53. The first kappa shape index (κ1) is 19.7. The van der Waals surface area contributed by atoms with Crippen molar-refractivity contribution in [1.82, 2.24) is 14.5 Å². The van der Waals surface area contributed by atoms with Crippen LogP contribution in [0.25, 0.3) is 0 Å². The third-order valence-corrected chi connectivity index (χ3v) is 7.08. The number of nitrogens with zero attached hydrogens (tertiary/aromatic N) is 3. The molecule has 1 aliphatic carbocycles. The molecule has 1 aliphatic heterocycles. The minimum absolute atomic E-state index is 0.0640. The first-order valence-corrected chi connectivity index (χ1v) is 10.5. The molecular weight excluding hydrogens is 371 g/mol. The number of carbonyl (C=O) groups is 1. The van der Waals surface area contributed by atoms with Crippen LogP contribution in [0, 0.1) is 17.1 Å². The van der Waals surface area contributed by atoms with Gasteiger partial charge in [-0.15, -0.1) is 0 Å². The normalized spacial score (nSPS) is 20.9. The third-order valence-electron chi connectivity index (χ3n) is 5.18. The van der Waals surface area contributed by atoms with Crippen LogP contribution in [-0.4, -0.2) is 61.8 Å². The molecule has 1 aromatic rings. The minimum atomic E-state index is -3.75. The van der Waals surface area contributed by atoms with Gasteiger partial charge in [-0.3, -0.25) is 9.69 Å². The van der Waals surface area contributed by atoms with Crippen LogP contribution >= 0.6 is 0 Å². The fraction of sp³-hybridized carbons (Fsp3) is 0.556. The summed E-state index contributed by atoms with van der Waals surface area (Å²) in [7, 11) is -3.75. The smallest absolute Gasteiger partial charge is 0.243 e. The van der Waals surface area contributed by atoms with Crippen LogP contribution in [-0.2, 0) is 14.8 Å². The topological polar surface area (TPSA) is 93.5 Å². The van der Waals surface area contributed by atoms with E-state index in [0.29, 0.717) is 25.9 Å². The predicted molar refractivity (Wildman–Crippen MR) is 96.6 cm³/mol. The van der Waals surface area contributed by atoms with E-state index < -0.39 is 21.4 Å². The summed E-state index contributed by atoms with van der Waals surface area (Å²) in [5.74, 6) is -0.801. The van der Waals surface area contributed by atoms with Gasteiger partial charge in [0.25, 0.3) is 0 Å². The van der Waals surface area contributed by atoms with Crippen molar-refractivity contribution in [2.45, 2.75) is 36.1 Å². The Morgan fingerprint density at radius 1 is 1.22 bits per heavy atom. The summed E-state index contributed by atoms with van der Waals surface area (Å²) in [6, 6.07) is 7.19. The van der Waals surface area contributed by atoms with Crippen molar-refractivity contribution >= 4 is 15.9 Å². The van der Waals surface area contributed by atoms with Crippen molar-refractivity contribution in [2.24, 2.45) is 0 Å². The Balaban J connectivity index is 1.54. The molecule has 0 spiro atoms. The van der Waals surface area contributed by atoms with E-state index in [1.54, 1.807) is 0 Å². The molecule has 0 unspecified atom stereocenters. The number of nitriles is 1. The molecule has 0 atom stereocenters. The van der Waals surface area contributed by atoms with E-state index in [9.17, 15) is 22.9 Å². The Morgan fingerprint density at radius 3 is 2.48 bits per heavy atom. The van der Waals surface area contributed by atoms with Crippen LogP contribution in [0.2, 0.25) is 0 Å². The Kier molecular flexibility index (Phi) is 5.79. The van der Waals surface area contributed by atoms with E-state index in [0.717, 1.165) is 18.9 Å². The van der Waals surface area contributed by atoms with E-state index >= 15 is 0 Å². The van der Waals surface area contributed by atoms with Crippen LogP contribution in [0.3, 0.4) is 0 Å². The largest absolute Gasteiger partial charge is 0.337 e. The van der Waals surface area contributed by atoms with Gasteiger partial charge in [0.1, 0.15) is 11.4 Å². The zero-order valence-electron chi connectivity index (χ0n) is 15.0. The molecule has 2 aliphatic rings. The van der Waals surface area contributed by atoms with Crippen molar-refractivity contribution in [1.29, 1.82) is 5.26 Å². The molecule has 7 nitrogen and oxygen atoms in total. The van der Waals surface area contributed by atoms with Gasteiger partial charge in [-0.2, -0.15) is 9.57 Å². The lowest BCUT2D eigenvalue weighted by Gasteiger charge is -2.34. The molecule has 0 bridgehead atoms. The number of rotatable bonds is 5. The second-order valence-corrected chi connectivity index (χ2v) is 9.02. The van der Waals surface area contributed by atoms with Gasteiger partial charge in [-0.1, -0.05) is 6.07 Å². The molecule has 1 saturated heterocycles. The first-order chi connectivity index (χ1) is 12.8. The highest BCUT2D eigenvalue weighted by atomic mass is 32.2. The molecule has 27 heavy (non-hydrogen) atoms. The van der Waals surface area contributed by atoms with Gasteiger partial charge in [0.05, 0.1) is 17.5 Å². The fourth-order valence-corrected chi connectivity index (χ4v) is 5.11. The van der Waals surface area contributed by atoms with Gasteiger partial charge in [0.2, 0.25) is 15.9 Å². The lowest BCUT2D eigenvalue weighted by molar-refractivity contribution is -0.123. The summed E-state index contributed by atoms with van der Waals surface area (Å²) in [6.07, 6.45) is 3.22. The number of hydrogen-bond acceptors (Lipinski definition) is 5. The summed E-state index contributed by atoms with van der Waals surface area (Å²) in [6.45, 7) is 1.41. The average Bonchev–Trinajstić information content (AvgIpc) is 3.11. The number of nitrogens with one attached hydrogen (secondary N) is 1. The van der Waals surface area contributed by atoms with Crippen LogP contribution in [0.4, 0.5) is 4.39 Å². The van der Waals surface area contributed by atoms with Crippen molar-refractivity contribution in [2.75, 3.05) is 32.7 Å². The number of benzene rings is 1. The number of amides is 1. The van der Waals surface area contributed by atoms with Crippen LogP contribution in [0.1, 0.15) is 25.7 Å². The number of hydrogen-bond donors (Lipinski definition) is 1. The molecule has 1 amide bonds. The summed E-state index contributed by atoms with van der Waals surface area (Å²) >= 11 is 0. The maximum atomic E-state index is 13.3. The molecule has 0 radical (unpaired) electrons. The van der Waals surface area contributed by atoms with Gasteiger partial charge >= 0.3 is 0 Å². The fourth-order valence-electron chi connectivity index (χ4n) is 3.66. The minimum Gasteiger partial charge on any atom is -0.337 e. The van der Waals surface area contributed by atoms with Crippen LogP contribution < -0.4 is 5.32 Å². The van der Waals surface area contributed by atoms with Crippen LogP contribution in [0.5, 0.6) is 0 Å². The number of sulfonamides is 1. The Hall–Kier alpha value is -2.02. The Labute approximate surface area is 158 Å². The summed E-state index contributed by atoms with van der Waals surface area (Å²) in [5.41, 5.74) is -0.750. The second kappa shape index (κ2) is 7.92. The van der Waals surface area contributed by atoms with E-state index in [2.05, 4.69) is 11.4 Å². The van der Waals surface area contributed by atoms with E-state index in [1.807, 2.05) is 4.90 Å². The Morgan fingerprint density at radius 2 is 1.89 bits per heavy atom. The number of halogens is 1. The molecule has 1 N–H and O–H groups in total. The quantitative estimate of drug-likeness (QED) is 0.807. The molecule has 1 aromatic carbocycles. The molecule has 1 heterocycles. The molecule has 3 rings (SSSR count). The third kappa shape index (κ3) is 4.46. The van der Waals surface area contributed by atoms with Crippen molar-refractivity contribution < 1.29 is 17.6 Å². The van der Waals surface area contributed by atoms with Gasteiger partial charge in [-0.25, -0.2) is 12.8 Å². The number of carbonyl (C=O) groups excluding carboxylic acids is 1. The van der Waals surface area contributed by atoms with Gasteiger partial charge < -0.3 is 5.32 Å². The zero-order valence-corrected chi connectivity index (χ0v) is 15.8. The highest BCUT2D eigenvalue weighted by Crippen LogP contribution is 2.28. The second-order valence-electron chi connectivity index (χ2n) is 7.09. The lowest BCUT2D eigenvalue weighted by atomic mass is 10.00. The Bertz CT molecular complexity index is 838. The highest BCUT2D eigenvalue weighted by molar-refractivity contribution is 7.89. The molecule has 1 saturated carbocycles. The van der Waals surface area contributed by atoms with E-state index in [1.165, 1.54) is 22.5 Å². The highest BCUT2D eigenvalue weighted by Gasteiger charge is 2.36. The van der Waals surface area contributed by atoms with Gasteiger partial charge in [0.15, 0.2) is 0 Å². The zero-order chi connectivity index (χ0) is 19.5. The maximum Gasteiger partial charge on any atom is 0.243 e. The number of piperazine rings is 1. The van der Waals surface area contributed by atoms with Crippen LogP contribution in [0.15, 0.2) is 29.2 Å². The molecule has 146 valence electrons. The van der Waals surface area contributed by atoms with E-state index in [4.69, 9.17) is 0 Å². The van der Waals surface area contributed by atoms with Crippen molar-refractivity contribution in [3.05, 3.63) is 30.1 Å². The van der Waals surface area contributed by atoms with Gasteiger partial charge in [0, 0.05) is 26.2 Å². The standard InChI is InChI=1S/C18H23FN4O3S/c19-15-4-3-5-16(12-15)27(25,26)23-10-8-22(9-11-23)13-17(24)21-18(14-20)6-1-2-7-18/h3-5,12H,1-2,6-11,13H2,(H,21,24). The summed E-state index contributed by atoms with van der Waals surface area (Å²) < 4.78 is 39.9.